The molecule has 1 aromatic carbocycles. The van der Waals surface area contributed by atoms with E-state index < -0.39 is 0 Å². The number of rotatable bonds is 4. The van der Waals surface area contributed by atoms with E-state index in [0.717, 1.165) is 22.8 Å². The molecule has 4 nitrogen and oxygen atoms in total. The molecule has 18 heavy (non-hydrogen) atoms. The Balaban J connectivity index is 2.39. The predicted molar refractivity (Wildman–Crippen MR) is 71.0 cm³/mol. The van der Waals surface area contributed by atoms with Crippen molar-refractivity contribution in [3.63, 3.8) is 0 Å². The van der Waals surface area contributed by atoms with Gasteiger partial charge in [-0.2, -0.15) is 0 Å². The van der Waals surface area contributed by atoms with Crippen LogP contribution >= 0.6 is 11.6 Å². The normalized spacial score (nSPS) is 10.7. The molecule has 0 spiro atoms. The van der Waals surface area contributed by atoms with Gasteiger partial charge in [-0.3, -0.25) is 0 Å². The van der Waals surface area contributed by atoms with Crippen molar-refractivity contribution in [2.75, 3.05) is 13.7 Å². The first kappa shape index (κ1) is 12.9. The highest BCUT2D eigenvalue weighted by Crippen LogP contribution is 2.30. The Morgan fingerprint density at radius 3 is 2.83 bits per heavy atom. The van der Waals surface area contributed by atoms with Crippen LogP contribution < -0.4 is 4.74 Å². The average Bonchev–Trinajstić information content (AvgIpc) is 2.71. The fourth-order valence-corrected chi connectivity index (χ4v) is 2.06. The molecule has 2 aromatic rings. The van der Waals surface area contributed by atoms with Gasteiger partial charge in [0, 0.05) is 25.2 Å². The van der Waals surface area contributed by atoms with Gasteiger partial charge < -0.3 is 14.4 Å². The van der Waals surface area contributed by atoms with Crippen LogP contribution in [0.2, 0.25) is 5.02 Å². The first-order chi connectivity index (χ1) is 8.65. The van der Waals surface area contributed by atoms with E-state index in [1.54, 1.807) is 13.2 Å². The minimum atomic E-state index is 0.0840. The summed E-state index contributed by atoms with van der Waals surface area (Å²) in [5, 5.41) is 9.55. The zero-order valence-corrected chi connectivity index (χ0v) is 11.1. The molecule has 0 aliphatic carbocycles. The molecule has 0 aliphatic rings. The first-order valence-corrected chi connectivity index (χ1v) is 6.00. The molecule has 0 amide bonds. The summed E-state index contributed by atoms with van der Waals surface area (Å²) in [4.78, 5) is 4.46. The van der Waals surface area contributed by atoms with Crippen LogP contribution in [0.4, 0.5) is 0 Å². The molecule has 5 heteroatoms. The third-order valence-electron chi connectivity index (χ3n) is 2.76. The van der Waals surface area contributed by atoms with Crippen LogP contribution in [0.3, 0.4) is 0 Å². The minimum Gasteiger partial charge on any atom is -0.497 e. The second-order valence-corrected chi connectivity index (χ2v) is 4.38. The molecule has 1 N–H and O–H groups in total. The van der Waals surface area contributed by atoms with Gasteiger partial charge in [0.25, 0.3) is 0 Å². The lowest BCUT2D eigenvalue weighted by Gasteiger charge is -2.03. The Bertz CT molecular complexity index is 552. The zero-order chi connectivity index (χ0) is 13.1. The van der Waals surface area contributed by atoms with Crippen molar-refractivity contribution < 1.29 is 9.84 Å². The molecule has 0 radical (unpaired) electrons. The quantitative estimate of drug-likeness (QED) is 0.924. The number of imidazole rings is 1. The molecule has 0 bridgehead atoms. The van der Waals surface area contributed by atoms with Gasteiger partial charge in [-0.25, -0.2) is 4.98 Å². The van der Waals surface area contributed by atoms with E-state index in [2.05, 4.69) is 4.98 Å². The highest BCUT2D eigenvalue weighted by atomic mass is 35.5. The maximum Gasteiger partial charge on any atom is 0.120 e. The van der Waals surface area contributed by atoms with Crippen LogP contribution in [-0.2, 0) is 13.5 Å². The van der Waals surface area contributed by atoms with Gasteiger partial charge >= 0.3 is 0 Å². The van der Waals surface area contributed by atoms with Gasteiger partial charge in [0.2, 0.25) is 0 Å². The number of hydrogen-bond donors (Lipinski definition) is 1. The van der Waals surface area contributed by atoms with E-state index in [4.69, 9.17) is 21.4 Å². The molecule has 0 aliphatic heterocycles. The summed E-state index contributed by atoms with van der Waals surface area (Å²) in [7, 11) is 3.50. The molecule has 0 unspecified atom stereocenters. The number of methoxy groups -OCH3 is 1. The van der Waals surface area contributed by atoms with E-state index in [1.165, 1.54) is 0 Å². The molecule has 96 valence electrons. The summed E-state index contributed by atoms with van der Waals surface area (Å²) >= 11 is 6.20. The Kier molecular flexibility index (Phi) is 3.89. The van der Waals surface area contributed by atoms with E-state index >= 15 is 0 Å². The van der Waals surface area contributed by atoms with Crippen molar-refractivity contribution in [1.29, 1.82) is 0 Å². The number of aliphatic hydroxyl groups is 1. The average molecular weight is 267 g/mol. The van der Waals surface area contributed by atoms with E-state index in [9.17, 15) is 0 Å². The van der Waals surface area contributed by atoms with Crippen LogP contribution in [0.1, 0.15) is 5.82 Å². The molecular weight excluding hydrogens is 252 g/mol. The Hall–Kier alpha value is -1.52. The lowest BCUT2D eigenvalue weighted by Crippen LogP contribution is -1.99. The number of aryl methyl sites for hydroxylation is 1. The SMILES string of the molecule is COc1ccc(-c2cn(C)c(CCO)n2)c(Cl)c1. The fraction of sp³-hybridized carbons (Fsp3) is 0.308. The highest BCUT2D eigenvalue weighted by Gasteiger charge is 2.10. The summed E-state index contributed by atoms with van der Waals surface area (Å²) in [5.41, 5.74) is 1.66. The van der Waals surface area contributed by atoms with Crippen molar-refractivity contribution in [3.05, 3.63) is 35.2 Å². The topological polar surface area (TPSA) is 47.3 Å². The number of nitrogens with zero attached hydrogens (tertiary/aromatic N) is 2. The van der Waals surface area contributed by atoms with Crippen molar-refractivity contribution in [2.45, 2.75) is 6.42 Å². The third-order valence-corrected chi connectivity index (χ3v) is 3.07. The Morgan fingerprint density at radius 1 is 1.44 bits per heavy atom. The van der Waals surface area contributed by atoms with E-state index in [-0.39, 0.29) is 6.61 Å². The standard InChI is InChI=1S/C13H15ClN2O2/c1-16-8-12(15-13(16)5-6-17)10-4-3-9(18-2)7-11(10)14/h3-4,7-8,17H,5-6H2,1-2H3. The number of aliphatic hydroxyl groups excluding tert-OH is 1. The van der Waals surface area contributed by atoms with Crippen LogP contribution in [0.25, 0.3) is 11.3 Å². The molecule has 0 saturated carbocycles. The van der Waals surface area contributed by atoms with Crippen LogP contribution in [-0.4, -0.2) is 28.4 Å². The number of ether oxygens (including phenoxy) is 1. The predicted octanol–water partition coefficient (Wildman–Crippen LogP) is 2.28. The lowest BCUT2D eigenvalue weighted by molar-refractivity contribution is 0.295. The monoisotopic (exact) mass is 266 g/mol. The largest absolute Gasteiger partial charge is 0.497 e. The van der Waals surface area contributed by atoms with E-state index in [1.807, 2.05) is 29.9 Å². The highest BCUT2D eigenvalue weighted by molar-refractivity contribution is 6.33. The summed E-state index contributed by atoms with van der Waals surface area (Å²) < 4.78 is 7.01. The summed E-state index contributed by atoms with van der Waals surface area (Å²) in [6.45, 7) is 0.0840. The van der Waals surface area contributed by atoms with Crippen LogP contribution in [0.5, 0.6) is 5.75 Å². The number of aromatic nitrogens is 2. The van der Waals surface area contributed by atoms with Crippen LogP contribution in [0.15, 0.2) is 24.4 Å². The van der Waals surface area contributed by atoms with Crippen molar-refractivity contribution in [1.82, 2.24) is 9.55 Å². The first-order valence-electron chi connectivity index (χ1n) is 5.62. The zero-order valence-electron chi connectivity index (χ0n) is 10.4. The van der Waals surface area contributed by atoms with Crippen LogP contribution in [0, 0.1) is 0 Å². The molecule has 2 rings (SSSR count). The molecule has 1 aromatic heterocycles. The third kappa shape index (κ3) is 2.49. The van der Waals surface area contributed by atoms with Gasteiger partial charge in [0.15, 0.2) is 0 Å². The summed E-state index contributed by atoms with van der Waals surface area (Å²) in [5.74, 6) is 1.55. The number of hydrogen-bond acceptors (Lipinski definition) is 3. The molecule has 0 atom stereocenters. The molecule has 0 fully saturated rings. The van der Waals surface area contributed by atoms with E-state index in [0.29, 0.717) is 11.4 Å². The maximum atomic E-state index is 8.95. The van der Waals surface area contributed by atoms with Gasteiger partial charge in [-0.05, 0) is 18.2 Å². The molecule has 0 saturated heterocycles. The second kappa shape index (κ2) is 5.42. The summed E-state index contributed by atoms with van der Waals surface area (Å²) in [6.07, 6.45) is 2.43. The molecule has 1 heterocycles. The van der Waals surface area contributed by atoms with Gasteiger partial charge in [0.05, 0.1) is 24.4 Å². The van der Waals surface area contributed by atoms with Crippen molar-refractivity contribution in [3.8, 4) is 17.0 Å². The van der Waals surface area contributed by atoms with Gasteiger partial charge in [-0.15, -0.1) is 0 Å². The van der Waals surface area contributed by atoms with Crippen molar-refractivity contribution >= 4 is 11.6 Å². The number of halogens is 1. The Morgan fingerprint density at radius 2 is 2.22 bits per heavy atom. The maximum absolute atomic E-state index is 8.95. The lowest BCUT2D eigenvalue weighted by atomic mass is 10.1. The second-order valence-electron chi connectivity index (χ2n) is 3.97. The fourth-order valence-electron chi connectivity index (χ4n) is 1.80. The van der Waals surface area contributed by atoms with Crippen molar-refractivity contribution in [2.24, 2.45) is 7.05 Å². The van der Waals surface area contributed by atoms with Gasteiger partial charge in [-0.1, -0.05) is 11.6 Å². The Labute approximate surface area is 111 Å². The smallest absolute Gasteiger partial charge is 0.120 e. The molecular formula is C13H15ClN2O2. The van der Waals surface area contributed by atoms with Gasteiger partial charge in [0.1, 0.15) is 11.6 Å². The minimum absolute atomic E-state index is 0.0840. The number of benzene rings is 1. The summed E-state index contributed by atoms with van der Waals surface area (Å²) in [6, 6.07) is 5.49.